The van der Waals surface area contributed by atoms with Crippen LogP contribution >= 0.6 is 0 Å². The summed E-state index contributed by atoms with van der Waals surface area (Å²) in [6.45, 7) is 2.71. The third kappa shape index (κ3) is 2.62. The number of fused-ring (bicyclic) bond motifs is 3. The van der Waals surface area contributed by atoms with Gasteiger partial charge < -0.3 is 9.72 Å². The van der Waals surface area contributed by atoms with Crippen molar-refractivity contribution in [3.05, 3.63) is 59.3 Å². The Hall–Kier alpha value is -2.31. The molecule has 1 N–H and O–H groups in total. The van der Waals surface area contributed by atoms with Crippen LogP contribution in [0, 0.1) is 6.92 Å². The molecule has 0 unspecified atom stereocenters. The first kappa shape index (κ1) is 16.2. The van der Waals surface area contributed by atoms with Crippen molar-refractivity contribution >= 4 is 20.9 Å². The number of nitrogens with zero attached hydrogens (tertiary/aromatic N) is 1. The van der Waals surface area contributed by atoms with Crippen molar-refractivity contribution in [1.82, 2.24) is 9.29 Å². The van der Waals surface area contributed by atoms with E-state index < -0.39 is 10.0 Å². The Kier molecular flexibility index (Phi) is 3.81. The molecule has 0 atom stereocenters. The van der Waals surface area contributed by atoms with E-state index in [2.05, 4.69) is 4.98 Å². The summed E-state index contributed by atoms with van der Waals surface area (Å²) in [4.78, 5) is 3.65. The van der Waals surface area contributed by atoms with Gasteiger partial charge in [-0.3, -0.25) is 0 Å². The number of aryl methyl sites for hydroxylation is 1. The lowest BCUT2D eigenvalue weighted by molar-refractivity contribution is 0.377. The van der Waals surface area contributed by atoms with Crippen LogP contribution in [0.2, 0.25) is 0 Å². The topological polar surface area (TPSA) is 62.4 Å². The van der Waals surface area contributed by atoms with Crippen LogP contribution in [0.1, 0.15) is 16.8 Å². The van der Waals surface area contributed by atoms with Crippen molar-refractivity contribution in [3.63, 3.8) is 0 Å². The predicted octanol–water partition coefficient (Wildman–Crippen LogP) is 3.23. The fraction of sp³-hybridized carbons (Fsp3) is 0.263. The van der Waals surface area contributed by atoms with Crippen molar-refractivity contribution in [1.29, 1.82) is 0 Å². The van der Waals surface area contributed by atoms with Crippen LogP contribution in [0.5, 0.6) is 5.75 Å². The molecule has 0 saturated heterocycles. The monoisotopic (exact) mass is 356 g/mol. The van der Waals surface area contributed by atoms with Crippen molar-refractivity contribution in [2.45, 2.75) is 24.8 Å². The molecule has 3 aromatic rings. The number of hydrogen-bond donors (Lipinski definition) is 1. The number of sulfonamides is 1. The molecule has 2 aromatic carbocycles. The second-order valence-corrected chi connectivity index (χ2v) is 8.28. The summed E-state index contributed by atoms with van der Waals surface area (Å²) in [5.41, 5.74) is 4.14. The average Bonchev–Trinajstić information content (AvgIpc) is 2.99. The molecule has 6 heteroatoms. The van der Waals surface area contributed by atoms with Crippen molar-refractivity contribution in [3.8, 4) is 5.75 Å². The molecule has 1 aliphatic heterocycles. The highest BCUT2D eigenvalue weighted by Crippen LogP contribution is 2.33. The first-order valence-corrected chi connectivity index (χ1v) is 9.68. The van der Waals surface area contributed by atoms with E-state index >= 15 is 0 Å². The van der Waals surface area contributed by atoms with Crippen LogP contribution in [0.15, 0.2) is 47.4 Å². The Morgan fingerprint density at radius 2 is 1.96 bits per heavy atom. The SMILES string of the molecule is COc1ccc(C)cc1S(=O)(=O)N1CCc2[nH]c3ccccc3c2C1. The van der Waals surface area contributed by atoms with Crippen LogP contribution in [0.3, 0.4) is 0 Å². The molecular formula is C19H20N2O3S. The molecule has 4 rings (SSSR count). The maximum absolute atomic E-state index is 13.2. The van der Waals surface area contributed by atoms with Crippen LogP contribution in [0.25, 0.3) is 10.9 Å². The van der Waals surface area contributed by atoms with Gasteiger partial charge in [-0.05, 0) is 36.2 Å². The van der Waals surface area contributed by atoms with E-state index in [1.165, 1.54) is 7.11 Å². The van der Waals surface area contributed by atoms with E-state index in [1.807, 2.05) is 37.3 Å². The maximum atomic E-state index is 13.2. The second kappa shape index (κ2) is 5.89. The van der Waals surface area contributed by atoms with Gasteiger partial charge in [0.2, 0.25) is 10.0 Å². The maximum Gasteiger partial charge on any atom is 0.247 e. The lowest BCUT2D eigenvalue weighted by Gasteiger charge is -2.27. The second-order valence-electron chi connectivity index (χ2n) is 6.37. The summed E-state index contributed by atoms with van der Waals surface area (Å²) >= 11 is 0. The summed E-state index contributed by atoms with van der Waals surface area (Å²) in [5.74, 6) is 0.385. The molecule has 0 radical (unpaired) electrons. The third-order valence-corrected chi connectivity index (χ3v) is 6.65. The lowest BCUT2D eigenvalue weighted by atomic mass is 10.1. The summed E-state index contributed by atoms with van der Waals surface area (Å²) in [6, 6.07) is 13.3. The van der Waals surface area contributed by atoms with Crippen LogP contribution < -0.4 is 4.74 Å². The Morgan fingerprint density at radius 3 is 2.76 bits per heavy atom. The Morgan fingerprint density at radius 1 is 1.16 bits per heavy atom. The number of aromatic amines is 1. The molecule has 0 fully saturated rings. The number of aromatic nitrogens is 1. The first-order chi connectivity index (χ1) is 12.0. The minimum Gasteiger partial charge on any atom is -0.495 e. The zero-order chi connectivity index (χ0) is 17.6. The van der Waals surface area contributed by atoms with Gasteiger partial charge in [0.25, 0.3) is 0 Å². The van der Waals surface area contributed by atoms with Crippen molar-refractivity contribution in [2.75, 3.05) is 13.7 Å². The van der Waals surface area contributed by atoms with Crippen LogP contribution in [-0.2, 0) is 23.0 Å². The molecular weight excluding hydrogens is 336 g/mol. The van der Waals surface area contributed by atoms with Gasteiger partial charge in [-0.15, -0.1) is 0 Å². The number of hydrogen-bond acceptors (Lipinski definition) is 3. The zero-order valence-electron chi connectivity index (χ0n) is 14.2. The largest absolute Gasteiger partial charge is 0.495 e. The Bertz CT molecular complexity index is 1050. The summed E-state index contributed by atoms with van der Waals surface area (Å²) in [7, 11) is -2.12. The van der Waals surface area contributed by atoms with E-state index in [4.69, 9.17) is 4.74 Å². The van der Waals surface area contributed by atoms with Gasteiger partial charge in [0, 0.05) is 36.1 Å². The molecule has 1 aliphatic rings. The molecule has 0 amide bonds. The first-order valence-electron chi connectivity index (χ1n) is 8.24. The number of benzene rings is 2. The van der Waals surface area contributed by atoms with E-state index in [9.17, 15) is 8.42 Å². The highest BCUT2D eigenvalue weighted by Gasteiger charge is 2.32. The zero-order valence-corrected chi connectivity index (χ0v) is 15.1. The minimum atomic E-state index is -3.62. The van der Waals surface area contributed by atoms with E-state index in [0.717, 1.165) is 27.7 Å². The normalized spacial score (nSPS) is 15.3. The number of para-hydroxylation sites is 1. The van der Waals surface area contributed by atoms with Gasteiger partial charge in [0.05, 0.1) is 7.11 Å². The third-order valence-electron chi connectivity index (χ3n) is 4.78. The summed E-state index contributed by atoms with van der Waals surface area (Å²) < 4.78 is 33.3. The lowest BCUT2D eigenvalue weighted by Crippen LogP contribution is -2.36. The highest BCUT2D eigenvalue weighted by molar-refractivity contribution is 7.89. The molecule has 25 heavy (non-hydrogen) atoms. The molecule has 2 heterocycles. The molecule has 0 aliphatic carbocycles. The van der Waals surface area contributed by atoms with Crippen molar-refractivity contribution in [2.24, 2.45) is 0 Å². The fourth-order valence-electron chi connectivity index (χ4n) is 3.47. The molecule has 0 spiro atoms. The van der Waals surface area contributed by atoms with Gasteiger partial charge in [-0.2, -0.15) is 4.31 Å². The molecule has 5 nitrogen and oxygen atoms in total. The number of rotatable bonds is 3. The van der Waals surface area contributed by atoms with Gasteiger partial charge in [0.15, 0.2) is 0 Å². The summed E-state index contributed by atoms with van der Waals surface area (Å²) in [5, 5.41) is 1.09. The van der Waals surface area contributed by atoms with Crippen LogP contribution in [0.4, 0.5) is 0 Å². The van der Waals surface area contributed by atoms with Gasteiger partial charge in [-0.25, -0.2) is 8.42 Å². The summed E-state index contributed by atoms with van der Waals surface area (Å²) in [6.07, 6.45) is 0.678. The Balaban J connectivity index is 1.77. The minimum absolute atomic E-state index is 0.235. The van der Waals surface area contributed by atoms with Crippen molar-refractivity contribution < 1.29 is 13.2 Å². The standard InChI is InChI=1S/C19H20N2O3S/c1-13-7-8-18(24-2)19(11-13)25(22,23)21-10-9-17-15(12-21)14-5-3-4-6-16(14)20-17/h3-8,11,20H,9-10,12H2,1-2H3. The fourth-order valence-corrected chi connectivity index (χ4v) is 5.12. The molecule has 130 valence electrons. The molecule has 0 bridgehead atoms. The van der Waals surface area contributed by atoms with Gasteiger partial charge in [0.1, 0.15) is 10.6 Å². The average molecular weight is 356 g/mol. The number of ether oxygens (including phenoxy) is 1. The number of methoxy groups -OCH3 is 1. The molecule has 0 saturated carbocycles. The van der Waals surface area contributed by atoms with Crippen LogP contribution in [-0.4, -0.2) is 31.4 Å². The number of H-pyrrole nitrogens is 1. The van der Waals surface area contributed by atoms with E-state index in [-0.39, 0.29) is 4.90 Å². The van der Waals surface area contributed by atoms with E-state index in [0.29, 0.717) is 25.3 Å². The highest BCUT2D eigenvalue weighted by atomic mass is 32.2. The van der Waals surface area contributed by atoms with Gasteiger partial charge in [-0.1, -0.05) is 24.3 Å². The molecule has 1 aromatic heterocycles. The number of nitrogens with one attached hydrogen (secondary N) is 1. The Labute approximate surface area is 147 Å². The predicted molar refractivity (Wildman–Crippen MR) is 97.3 cm³/mol. The smallest absolute Gasteiger partial charge is 0.247 e. The van der Waals surface area contributed by atoms with E-state index in [1.54, 1.807) is 16.4 Å². The van der Waals surface area contributed by atoms with Gasteiger partial charge >= 0.3 is 0 Å². The quantitative estimate of drug-likeness (QED) is 0.784.